The Morgan fingerprint density at radius 3 is 2.67 bits per heavy atom. The van der Waals surface area contributed by atoms with Gasteiger partial charge in [0, 0.05) is 18.4 Å². The third kappa shape index (κ3) is 1.59. The summed E-state index contributed by atoms with van der Waals surface area (Å²) in [5.74, 6) is 1.67. The highest BCUT2D eigenvalue weighted by Gasteiger charge is 2.54. The lowest BCUT2D eigenvalue weighted by Crippen LogP contribution is -2.43. The first-order chi connectivity index (χ1) is 10.2. The quantitative estimate of drug-likeness (QED) is 0.849. The van der Waals surface area contributed by atoms with E-state index in [0.29, 0.717) is 12.8 Å². The van der Waals surface area contributed by atoms with Crippen molar-refractivity contribution in [3.05, 3.63) is 54.1 Å². The highest BCUT2D eigenvalue weighted by atomic mass is 16.5. The number of hydrogen-bond donors (Lipinski definition) is 0. The van der Waals surface area contributed by atoms with Crippen molar-refractivity contribution in [3.63, 3.8) is 0 Å². The molecule has 0 N–H and O–H groups in total. The maximum Gasteiger partial charge on any atom is 0.230 e. The Labute approximate surface area is 122 Å². The summed E-state index contributed by atoms with van der Waals surface area (Å²) in [5, 5.41) is 0. The van der Waals surface area contributed by atoms with Crippen molar-refractivity contribution in [2.45, 2.75) is 18.6 Å². The van der Waals surface area contributed by atoms with Gasteiger partial charge in [-0.05, 0) is 36.4 Å². The van der Waals surface area contributed by atoms with Gasteiger partial charge < -0.3 is 9.47 Å². The van der Waals surface area contributed by atoms with Crippen molar-refractivity contribution >= 4 is 11.6 Å². The zero-order valence-electron chi connectivity index (χ0n) is 11.7. The molecule has 2 aliphatic rings. The standard InChI is InChI=1S/C17H15NO3/c1-20-13-8-6-12(7-9-13)17-11-10-16(19)18(17)14-4-2-3-5-15(14)21-17/h2-9H,10-11H2,1H3. The highest BCUT2D eigenvalue weighted by molar-refractivity contribution is 6.00. The Balaban J connectivity index is 1.84. The number of carbonyl (C=O) groups excluding carboxylic acids is 1. The van der Waals surface area contributed by atoms with Gasteiger partial charge in [-0.25, -0.2) is 0 Å². The molecule has 0 aliphatic carbocycles. The molecule has 106 valence electrons. The van der Waals surface area contributed by atoms with Crippen LogP contribution in [0.25, 0.3) is 0 Å². The van der Waals surface area contributed by atoms with Crippen LogP contribution in [-0.4, -0.2) is 13.0 Å². The Kier molecular flexibility index (Phi) is 2.48. The lowest BCUT2D eigenvalue weighted by atomic mass is 10.00. The zero-order valence-corrected chi connectivity index (χ0v) is 11.7. The molecule has 1 unspecified atom stereocenters. The molecule has 2 aliphatic heterocycles. The largest absolute Gasteiger partial charge is 0.497 e. The normalized spacial score (nSPS) is 22.7. The summed E-state index contributed by atoms with van der Waals surface area (Å²) in [6.07, 6.45) is 1.16. The van der Waals surface area contributed by atoms with E-state index in [9.17, 15) is 4.79 Å². The first-order valence-electron chi connectivity index (χ1n) is 7.00. The monoisotopic (exact) mass is 281 g/mol. The Morgan fingerprint density at radius 2 is 1.90 bits per heavy atom. The summed E-state index contributed by atoms with van der Waals surface area (Å²) < 4.78 is 11.4. The molecule has 2 aromatic carbocycles. The van der Waals surface area contributed by atoms with Crippen molar-refractivity contribution in [2.24, 2.45) is 0 Å². The van der Waals surface area contributed by atoms with E-state index in [2.05, 4.69) is 0 Å². The molecule has 4 rings (SSSR count). The van der Waals surface area contributed by atoms with Crippen molar-refractivity contribution < 1.29 is 14.3 Å². The Hall–Kier alpha value is -2.49. The molecule has 1 amide bonds. The number of methoxy groups -OCH3 is 1. The fraction of sp³-hybridized carbons (Fsp3) is 0.235. The molecule has 2 aromatic rings. The molecule has 1 saturated heterocycles. The summed E-state index contributed by atoms with van der Waals surface area (Å²) in [6, 6.07) is 15.4. The molecule has 0 radical (unpaired) electrons. The topological polar surface area (TPSA) is 38.8 Å². The van der Waals surface area contributed by atoms with Gasteiger partial charge in [0.1, 0.15) is 11.5 Å². The van der Waals surface area contributed by atoms with E-state index in [1.165, 1.54) is 0 Å². The molecule has 0 aromatic heterocycles. The molecule has 0 saturated carbocycles. The van der Waals surface area contributed by atoms with Crippen LogP contribution in [0.1, 0.15) is 18.4 Å². The smallest absolute Gasteiger partial charge is 0.230 e. The fourth-order valence-electron chi connectivity index (χ4n) is 3.22. The molecule has 4 nitrogen and oxygen atoms in total. The van der Waals surface area contributed by atoms with Gasteiger partial charge in [-0.3, -0.25) is 9.69 Å². The van der Waals surface area contributed by atoms with Gasteiger partial charge in [0.15, 0.2) is 0 Å². The van der Waals surface area contributed by atoms with E-state index >= 15 is 0 Å². The number of fused-ring (bicyclic) bond motifs is 3. The van der Waals surface area contributed by atoms with Crippen LogP contribution in [-0.2, 0) is 10.5 Å². The summed E-state index contributed by atoms with van der Waals surface area (Å²) in [6.45, 7) is 0. The third-order valence-corrected chi connectivity index (χ3v) is 4.21. The molecular weight excluding hydrogens is 266 g/mol. The Morgan fingerprint density at radius 1 is 1.14 bits per heavy atom. The second-order valence-corrected chi connectivity index (χ2v) is 5.31. The Bertz CT molecular complexity index is 710. The van der Waals surface area contributed by atoms with Crippen LogP contribution >= 0.6 is 0 Å². The second kappa shape index (κ2) is 4.25. The van der Waals surface area contributed by atoms with Gasteiger partial charge in [0.2, 0.25) is 11.6 Å². The van der Waals surface area contributed by atoms with Crippen molar-refractivity contribution in [3.8, 4) is 11.5 Å². The van der Waals surface area contributed by atoms with Crippen molar-refractivity contribution in [2.75, 3.05) is 12.0 Å². The van der Waals surface area contributed by atoms with Gasteiger partial charge >= 0.3 is 0 Å². The van der Waals surface area contributed by atoms with Crippen LogP contribution in [0.15, 0.2) is 48.5 Å². The molecule has 2 heterocycles. The lowest BCUT2D eigenvalue weighted by molar-refractivity contribution is -0.117. The van der Waals surface area contributed by atoms with Crippen LogP contribution in [0.5, 0.6) is 11.5 Å². The van der Waals surface area contributed by atoms with Gasteiger partial charge in [-0.2, -0.15) is 0 Å². The molecule has 21 heavy (non-hydrogen) atoms. The van der Waals surface area contributed by atoms with E-state index in [1.807, 2.05) is 48.5 Å². The average Bonchev–Trinajstić information content (AvgIpc) is 3.03. The molecule has 1 atom stereocenters. The van der Waals surface area contributed by atoms with Gasteiger partial charge in [0.05, 0.1) is 12.8 Å². The molecular formula is C17H15NO3. The first kappa shape index (κ1) is 12.3. The first-order valence-corrected chi connectivity index (χ1v) is 7.00. The minimum Gasteiger partial charge on any atom is -0.497 e. The van der Waals surface area contributed by atoms with Crippen LogP contribution < -0.4 is 14.4 Å². The minimum absolute atomic E-state index is 0.107. The average molecular weight is 281 g/mol. The van der Waals surface area contributed by atoms with Gasteiger partial charge in [-0.1, -0.05) is 12.1 Å². The van der Waals surface area contributed by atoms with Gasteiger partial charge in [-0.15, -0.1) is 0 Å². The predicted octanol–water partition coefficient (Wildman–Crippen LogP) is 3.07. The summed E-state index contributed by atoms with van der Waals surface area (Å²) in [7, 11) is 1.64. The van der Waals surface area contributed by atoms with E-state index in [-0.39, 0.29) is 5.91 Å². The summed E-state index contributed by atoms with van der Waals surface area (Å²) >= 11 is 0. The number of para-hydroxylation sites is 2. The van der Waals surface area contributed by atoms with Crippen molar-refractivity contribution in [1.82, 2.24) is 0 Å². The lowest BCUT2D eigenvalue weighted by Gasteiger charge is -2.31. The SMILES string of the molecule is COc1ccc(C23CCC(=O)N2c2ccccc2O3)cc1. The van der Waals surface area contributed by atoms with Crippen molar-refractivity contribution in [1.29, 1.82) is 0 Å². The zero-order chi connectivity index (χ0) is 14.4. The predicted molar refractivity (Wildman–Crippen MR) is 78.5 cm³/mol. The maximum absolute atomic E-state index is 12.3. The van der Waals surface area contributed by atoms with Crippen LogP contribution in [0.2, 0.25) is 0 Å². The molecule has 0 bridgehead atoms. The molecule has 0 spiro atoms. The number of benzene rings is 2. The van der Waals surface area contributed by atoms with Crippen LogP contribution in [0.4, 0.5) is 5.69 Å². The van der Waals surface area contributed by atoms with Crippen LogP contribution in [0.3, 0.4) is 0 Å². The van der Waals surface area contributed by atoms with E-state index in [4.69, 9.17) is 9.47 Å². The fourth-order valence-corrected chi connectivity index (χ4v) is 3.22. The highest BCUT2D eigenvalue weighted by Crippen LogP contribution is 2.52. The summed E-state index contributed by atoms with van der Waals surface area (Å²) in [4.78, 5) is 14.1. The minimum atomic E-state index is -0.701. The van der Waals surface area contributed by atoms with E-state index in [0.717, 1.165) is 22.7 Å². The number of nitrogens with zero attached hydrogens (tertiary/aromatic N) is 1. The number of hydrogen-bond acceptors (Lipinski definition) is 3. The number of carbonyl (C=O) groups is 1. The number of rotatable bonds is 2. The third-order valence-electron chi connectivity index (χ3n) is 4.21. The van der Waals surface area contributed by atoms with Crippen LogP contribution in [0, 0.1) is 0 Å². The maximum atomic E-state index is 12.3. The summed E-state index contributed by atoms with van der Waals surface area (Å²) in [5.41, 5.74) is 1.13. The number of amides is 1. The van der Waals surface area contributed by atoms with Gasteiger partial charge in [0.25, 0.3) is 0 Å². The number of ether oxygens (including phenoxy) is 2. The second-order valence-electron chi connectivity index (χ2n) is 5.31. The van der Waals surface area contributed by atoms with E-state index < -0.39 is 5.72 Å². The van der Waals surface area contributed by atoms with E-state index in [1.54, 1.807) is 12.0 Å². The molecule has 4 heteroatoms. The number of anilines is 1. The molecule has 1 fully saturated rings.